The number of ether oxygens (including phenoxy) is 1. The summed E-state index contributed by atoms with van der Waals surface area (Å²) < 4.78 is 5.36. The zero-order valence-electron chi connectivity index (χ0n) is 11.8. The lowest BCUT2D eigenvalue weighted by Gasteiger charge is -2.24. The molecule has 1 fully saturated rings. The van der Waals surface area contributed by atoms with Crippen molar-refractivity contribution in [2.45, 2.75) is 45.4 Å². The fraction of sp³-hybridized carbons (Fsp3) is 0.692. The third kappa shape index (κ3) is 4.24. The largest absolute Gasteiger partial charge is 0.444 e. The maximum atomic E-state index is 11.9. The van der Waals surface area contributed by atoms with Gasteiger partial charge in [0.2, 0.25) is 0 Å². The molecule has 0 bridgehead atoms. The summed E-state index contributed by atoms with van der Waals surface area (Å²) >= 11 is 0. The molecule has 1 aliphatic rings. The van der Waals surface area contributed by atoms with Crippen LogP contribution in [0.25, 0.3) is 0 Å². The predicted molar refractivity (Wildman–Crippen MR) is 71.6 cm³/mol. The first kappa shape index (κ1) is 13.9. The minimum atomic E-state index is -0.432. The SMILES string of the molecule is CC(C)(C)OC(=O)N1CCC(NCc2ccn[nH]2)C1. The Morgan fingerprint density at radius 2 is 2.42 bits per heavy atom. The van der Waals surface area contributed by atoms with Crippen molar-refractivity contribution >= 4 is 6.09 Å². The van der Waals surface area contributed by atoms with Gasteiger partial charge in [0, 0.05) is 37.6 Å². The molecule has 2 rings (SSSR count). The number of carbonyl (C=O) groups excluding carboxylic acids is 1. The molecule has 0 spiro atoms. The highest BCUT2D eigenvalue weighted by atomic mass is 16.6. The van der Waals surface area contributed by atoms with Crippen molar-refractivity contribution in [3.05, 3.63) is 18.0 Å². The summed E-state index contributed by atoms with van der Waals surface area (Å²) in [6, 6.07) is 2.25. The van der Waals surface area contributed by atoms with Gasteiger partial charge in [-0.05, 0) is 33.3 Å². The number of hydrogen-bond acceptors (Lipinski definition) is 4. The van der Waals surface area contributed by atoms with Gasteiger partial charge in [-0.15, -0.1) is 0 Å². The van der Waals surface area contributed by atoms with E-state index >= 15 is 0 Å². The topological polar surface area (TPSA) is 70.2 Å². The van der Waals surface area contributed by atoms with E-state index in [0.29, 0.717) is 12.6 Å². The Kier molecular flexibility index (Phi) is 4.09. The Hall–Kier alpha value is -1.56. The van der Waals surface area contributed by atoms with Crippen molar-refractivity contribution in [3.8, 4) is 0 Å². The molecule has 0 aromatic carbocycles. The summed E-state index contributed by atoms with van der Waals surface area (Å²) in [6.45, 7) is 7.84. The normalized spacial score (nSPS) is 19.7. The fourth-order valence-electron chi connectivity index (χ4n) is 2.06. The van der Waals surface area contributed by atoms with Gasteiger partial charge in [-0.2, -0.15) is 5.10 Å². The van der Waals surface area contributed by atoms with E-state index in [1.54, 1.807) is 11.1 Å². The third-order valence-corrected chi connectivity index (χ3v) is 2.98. The zero-order chi connectivity index (χ0) is 13.9. The number of amides is 1. The van der Waals surface area contributed by atoms with Gasteiger partial charge in [-0.3, -0.25) is 5.10 Å². The van der Waals surface area contributed by atoms with Gasteiger partial charge >= 0.3 is 6.09 Å². The molecule has 0 aliphatic carbocycles. The summed E-state index contributed by atoms with van der Waals surface area (Å²) in [4.78, 5) is 13.7. The minimum Gasteiger partial charge on any atom is -0.444 e. The first-order chi connectivity index (χ1) is 8.94. The lowest BCUT2D eigenvalue weighted by atomic mass is 10.2. The lowest BCUT2D eigenvalue weighted by Crippen LogP contribution is -2.38. The molecule has 0 radical (unpaired) electrons. The summed E-state index contributed by atoms with van der Waals surface area (Å²) in [5, 5.41) is 10.2. The zero-order valence-corrected chi connectivity index (χ0v) is 11.8. The molecule has 6 heteroatoms. The van der Waals surface area contributed by atoms with Gasteiger partial charge in [0.15, 0.2) is 0 Å². The molecule has 1 aromatic heterocycles. The maximum absolute atomic E-state index is 11.9. The number of rotatable bonds is 3. The van der Waals surface area contributed by atoms with Gasteiger partial charge in [0.05, 0.1) is 0 Å². The van der Waals surface area contributed by atoms with E-state index in [9.17, 15) is 4.79 Å². The van der Waals surface area contributed by atoms with E-state index in [-0.39, 0.29) is 6.09 Å². The van der Waals surface area contributed by atoms with Crippen LogP contribution in [-0.2, 0) is 11.3 Å². The van der Waals surface area contributed by atoms with Gasteiger partial charge in [-0.1, -0.05) is 0 Å². The summed E-state index contributed by atoms with van der Waals surface area (Å²) in [5.74, 6) is 0. The molecule has 0 saturated carbocycles. The van der Waals surface area contributed by atoms with E-state index in [4.69, 9.17) is 4.74 Å². The van der Waals surface area contributed by atoms with Crippen LogP contribution >= 0.6 is 0 Å². The lowest BCUT2D eigenvalue weighted by molar-refractivity contribution is 0.0291. The highest BCUT2D eigenvalue weighted by molar-refractivity contribution is 5.68. The minimum absolute atomic E-state index is 0.224. The van der Waals surface area contributed by atoms with E-state index in [2.05, 4.69) is 15.5 Å². The Balaban J connectivity index is 1.75. The maximum Gasteiger partial charge on any atom is 0.410 e. The number of aromatic amines is 1. The van der Waals surface area contributed by atoms with Crippen molar-refractivity contribution in [1.29, 1.82) is 0 Å². The van der Waals surface area contributed by atoms with Crippen molar-refractivity contribution in [3.63, 3.8) is 0 Å². The third-order valence-electron chi connectivity index (χ3n) is 2.98. The number of nitrogens with zero attached hydrogens (tertiary/aromatic N) is 2. The van der Waals surface area contributed by atoms with Gasteiger partial charge in [0.1, 0.15) is 5.60 Å². The standard InChI is InChI=1S/C13H22N4O2/c1-13(2,3)19-12(18)17-7-5-11(9-17)14-8-10-4-6-15-16-10/h4,6,11,14H,5,7-9H2,1-3H3,(H,15,16). The Morgan fingerprint density at radius 1 is 1.63 bits per heavy atom. The molecule has 1 amide bonds. The Bertz CT molecular complexity index is 411. The van der Waals surface area contributed by atoms with Gasteiger partial charge < -0.3 is 15.0 Å². The van der Waals surface area contributed by atoms with Crippen LogP contribution in [0.15, 0.2) is 12.3 Å². The second-order valence-electron chi connectivity index (χ2n) is 5.87. The number of likely N-dealkylation sites (tertiary alicyclic amines) is 1. The first-order valence-electron chi connectivity index (χ1n) is 6.63. The molecule has 106 valence electrons. The molecule has 2 N–H and O–H groups in total. The molecular formula is C13H22N4O2. The molecule has 1 aromatic rings. The van der Waals surface area contributed by atoms with Crippen LogP contribution in [0.3, 0.4) is 0 Å². The average Bonchev–Trinajstić information content (AvgIpc) is 2.96. The molecule has 1 saturated heterocycles. The fourth-order valence-corrected chi connectivity index (χ4v) is 2.06. The second-order valence-corrected chi connectivity index (χ2v) is 5.87. The molecule has 19 heavy (non-hydrogen) atoms. The second kappa shape index (κ2) is 5.61. The Morgan fingerprint density at radius 3 is 3.05 bits per heavy atom. The van der Waals surface area contributed by atoms with Crippen molar-refractivity contribution in [2.75, 3.05) is 13.1 Å². The highest BCUT2D eigenvalue weighted by Crippen LogP contribution is 2.15. The smallest absolute Gasteiger partial charge is 0.410 e. The quantitative estimate of drug-likeness (QED) is 0.870. The summed E-state index contributed by atoms with van der Waals surface area (Å²) in [7, 11) is 0. The van der Waals surface area contributed by atoms with Crippen LogP contribution in [0.2, 0.25) is 0 Å². The predicted octanol–water partition coefficient (Wildman–Crippen LogP) is 1.51. The van der Waals surface area contributed by atoms with Crippen LogP contribution in [0, 0.1) is 0 Å². The average molecular weight is 266 g/mol. The Labute approximate surface area is 113 Å². The van der Waals surface area contributed by atoms with Gasteiger partial charge in [0.25, 0.3) is 0 Å². The number of carbonyl (C=O) groups is 1. The molecule has 2 heterocycles. The first-order valence-corrected chi connectivity index (χ1v) is 6.63. The van der Waals surface area contributed by atoms with E-state index in [1.807, 2.05) is 26.8 Å². The number of aromatic nitrogens is 2. The highest BCUT2D eigenvalue weighted by Gasteiger charge is 2.29. The molecule has 1 unspecified atom stereocenters. The van der Waals surface area contributed by atoms with Crippen LogP contribution < -0.4 is 5.32 Å². The van der Waals surface area contributed by atoms with Crippen LogP contribution in [0.5, 0.6) is 0 Å². The number of nitrogens with one attached hydrogen (secondary N) is 2. The van der Waals surface area contributed by atoms with Crippen molar-refractivity contribution < 1.29 is 9.53 Å². The van der Waals surface area contributed by atoms with Crippen molar-refractivity contribution in [1.82, 2.24) is 20.4 Å². The molecular weight excluding hydrogens is 244 g/mol. The molecule has 1 aliphatic heterocycles. The van der Waals surface area contributed by atoms with E-state index in [0.717, 1.165) is 25.2 Å². The summed E-state index contributed by atoms with van der Waals surface area (Å²) in [5.41, 5.74) is 0.620. The number of H-pyrrole nitrogens is 1. The van der Waals surface area contributed by atoms with E-state index in [1.165, 1.54) is 0 Å². The van der Waals surface area contributed by atoms with Gasteiger partial charge in [-0.25, -0.2) is 4.79 Å². The van der Waals surface area contributed by atoms with E-state index < -0.39 is 5.60 Å². The molecule has 6 nitrogen and oxygen atoms in total. The number of hydrogen-bond donors (Lipinski definition) is 2. The summed E-state index contributed by atoms with van der Waals surface area (Å²) in [6.07, 6.45) is 2.46. The van der Waals surface area contributed by atoms with Crippen LogP contribution in [0.4, 0.5) is 4.79 Å². The van der Waals surface area contributed by atoms with Crippen molar-refractivity contribution in [2.24, 2.45) is 0 Å². The molecule has 1 atom stereocenters. The van der Waals surface area contributed by atoms with Crippen LogP contribution in [0.1, 0.15) is 32.9 Å². The monoisotopic (exact) mass is 266 g/mol. The van der Waals surface area contributed by atoms with Crippen LogP contribution in [-0.4, -0.2) is 45.9 Å².